The highest BCUT2D eigenvalue weighted by atomic mass is 32.1. The smallest absolute Gasteiger partial charge is 0.140 e. The summed E-state index contributed by atoms with van der Waals surface area (Å²) in [6.45, 7) is 2.25. The Morgan fingerprint density at radius 2 is 2.30 bits per heavy atom. The molecule has 1 aliphatic heterocycles. The van der Waals surface area contributed by atoms with Gasteiger partial charge in [0, 0.05) is 6.54 Å². The van der Waals surface area contributed by atoms with E-state index in [9.17, 15) is 0 Å². The number of rotatable bonds is 2. The Kier molecular flexibility index (Phi) is 2.90. The lowest BCUT2D eigenvalue weighted by molar-refractivity contribution is 0.0256. The summed E-state index contributed by atoms with van der Waals surface area (Å²) in [4.78, 5) is 12.0. The highest BCUT2D eigenvalue weighted by molar-refractivity contribution is 7.16. The molecule has 4 heterocycles. The number of aromatic nitrogens is 2. The molecule has 6 heteroatoms. The highest BCUT2D eigenvalue weighted by Gasteiger charge is 2.26. The molecule has 4 rings (SSSR count). The molecule has 0 amide bonds. The van der Waals surface area contributed by atoms with E-state index in [0.29, 0.717) is 6.61 Å². The minimum atomic E-state index is -0.0394. The summed E-state index contributed by atoms with van der Waals surface area (Å²) in [5.74, 6) is 1.85. The summed E-state index contributed by atoms with van der Waals surface area (Å²) in [5.41, 5.74) is 0. The fourth-order valence-corrected chi connectivity index (χ4v) is 3.24. The highest BCUT2D eigenvalue weighted by Crippen LogP contribution is 2.30. The van der Waals surface area contributed by atoms with E-state index < -0.39 is 0 Å². The van der Waals surface area contributed by atoms with E-state index in [1.54, 1.807) is 23.9 Å². The summed E-state index contributed by atoms with van der Waals surface area (Å²) in [5, 5.41) is 3.16. The van der Waals surface area contributed by atoms with Crippen molar-refractivity contribution in [1.82, 2.24) is 9.97 Å². The number of nitrogens with zero attached hydrogens (tertiary/aromatic N) is 3. The zero-order valence-electron chi connectivity index (χ0n) is 10.7. The van der Waals surface area contributed by atoms with E-state index in [2.05, 4.69) is 20.9 Å². The van der Waals surface area contributed by atoms with E-state index in [4.69, 9.17) is 9.15 Å². The van der Waals surface area contributed by atoms with Gasteiger partial charge in [0.2, 0.25) is 0 Å². The van der Waals surface area contributed by atoms with Crippen molar-refractivity contribution in [2.75, 3.05) is 24.6 Å². The van der Waals surface area contributed by atoms with Crippen molar-refractivity contribution in [3.05, 3.63) is 41.9 Å². The third-order valence-corrected chi connectivity index (χ3v) is 4.29. The SMILES string of the molecule is c1coc(C2CN(c3ncnc4sccc34)CCO2)c1. The largest absolute Gasteiger partial charge is 0.467 e. The van der Waals surface area contributed by atoms with Gasteiger partial charge in [-0.15, -0.1) is 11.3 Å². The van der Waals surface area contributed by atoms with E-state index >= 15 is 0 Å². The lowest BCUT2D eigenvalue weighted by atomic mass is 10.2. The van der Waals surface area contributed by atoms with E-state index in [-0.39, 0.29) is 6.10 Å². The molecule has 1 saturated heterocycles. The predicted molar refractivity (Wildman–Crippen MR) is 77.0 cm³/mol. The van der Waals surface area contributed by atoms with Crippen LogP contribution in [-0.2, 0) is 4.74 Å². The van der Waals surface area contributed by atoms with Crippen LogP contribution in [0.25, 0.3) is 10.2 Å². The monoisotopic (exact) mass is 287 g/mol. The average molecular weight is 287 g/mol. The Balaban J connectivity index is 1.66. The first-order valence-electron chi connectivity index (χ1n) is 6.50. The quantitative estimate of drug-likeness (QED) is 0.725. The first kappa shape index (κ1) is 11.9. The van der Waals surface area contributed by atoms with Gasteiger partial charge in [0.1, 0.15) is 28.8 Å². The number of thiophene rings is 1. The number of furan rings is 1. The Labute approximate surface area is 119 Å². The summed E-state index contributed by atoms with van der Waals surface area (Å²) in [6.07, 6.45) is 3.27. The molecule has 0 bridgehead atoms. The van der Waals surface area contributed by atoms with Crippen LogP contribution in [0.2, 0.25) is 0 Å². The fraction of sp³-hybridized carbons (Fsp3) is 0.286. The van der Waals surface area contributed by atoms with Gasteiger partial charge in [-0.25, -0.2) is 9.97 Å². The molecule has 1 fully saturated rings. The van der Waals surface area contributed by atoms with Crippen LogP contribution < -0.4 is 4.90 Å². The fourth-order valence-electron chi connectivity index (χ4n) is 2.52. The topological polar surface area (TPSA) is 51.4 Å². The molecule has 1 atom stereocenters. The van der Waals surface area contributed by atoms with Crippen LogP contribution in [0.5, 0.6) is 0 Å². The molecular formula is C14H13N3O2S. The van der Waals surface area contributed by atoms with Crippen molar-refractivity contribution < 1.29 is 9.15 Å². The Bertz CT molecular complexity index is 710. The molecule has 5 nitrogen and oxygen atoms in total. The second-order valence-electron chi connectivity index (χ2n) is 4.66. The average Bonchev–Trinajstić information content (AvgIpc) is 3.18. The van der Waals surface area contributed by atoms with Gasteiger partial charge in [-0.05, 0) is 23.6 Å². The second-order valence-corrected chi connectivity index (χ2v) is 5.55. The summed E-state index contributed by atoms with van der Waals surface area (Å²) >= 11 is 1.64. The normalized spacial score (nSPS) is 19.6. The van der Waals surface area contributed by atoms with Gasteiger partial charge in [-0.2, -0.15) is 0 Å². The van der Waals surface area contributed by atoms with Gasteiger partial charge in [0.05, 0.1) is 24.8 Å². The molecule has 1 aliphatic rings. The second kappa shape index (κ2) is 4.88. The van der Waals surface area contributed by atoms with Crippen molar-refractivity contribution in [2.24, 2.45) is 0 Å². The number of morpholine rings is 1. The van der Waals surface area contributed by atoms with Crippen LogP contribution in [0.1, 0.15) is 11.9 Å². The third-order valence-electron chi connectivity index (χ3n) is 3.47. The lowest BCUT2D eigenvalue weighted by Crippen LogP contribution is -2.38. The first-order valence-corrected chi connectivity index (χ1v) is 7.38. The molecule has 3 aromatic rings. The van der Waals surface area contributed by atoms with Gasteiger partial charge < -0.3 is 14.1 Å². The molecule has 0 spiro atoms. The minimum absolute atomic E-state index is 0.0394. The molecule has 0 aromatic carbocycles. The lowest BCUT2D eigenvalue weighted by Gasteiger charge is -2.33. The molecule has 3 aromatic heterocycles. The van der Waals surface area contributed by atoms with Crippen LogP contribution in [0.15, 0.2) is 40.6 Å². The van der Waals surface area contributed by atoms with E-state index in [1.165, 1.54) is 0 Å². The van der Waals surface area contributed by atoms with Crippen LogP contribution in [0.4, 0.5) is 5.82 Å². The number of hydrogen-bond donors (Lipinski definition) is 0. The van der Waals surface area contributed by atoms with Gasteiger partial charge in [0.25, 0.3) is 0 Å². The van der Waals surface area contributed by atoms with Crippen molar-refractivity contribution >= 4 is 27.4 Å². The van der Waals surface area contributed by atoms with Crippen LogP contribution in [-0.4, -0.2) is 29.7 Å². The van der Waals surface area contributed by atoms with Crippen molar-refractivity contribution in [3.63, 3.8) is 0 Å². The van der Waals surface area contributed by atoms with E-state index in [0.717, 1.165) is 34.9 Å². The number of fused-ring (bicyclic) bond motifs is 1. The third kappa shape index (κ3) is 1.97. The summed E-state index contributed by atoms with van der Waals surface area (Å²) < 4.78 is 11.2. The molecular weight excluding hydrogens is 274 g/mol. The summed E-state index contributed by atoms with van der Waals surface area (Å²) in [6, 6.07) is 5.92. The number of ether oxygens (including phenoxy) is 1. The Morgan fingerprint density at radius 3 is 3.20 bits per heavy atom. The predicted octanol–water partition coefficient (Wildman–Crippen LogP) is 2.86. The van der Waals surface area contributed by atoms with E-state index in [1.807, 2.05) is 17.5 Å². The molecule has 0 saturated carbocycles. The van der Waals surface area contributed by atoms with Crippen molar-refractivity contribution in [1.29, 1.82) is 0 Å². The maximum atomic E-state index is 5.79. The zero-order valence-corrected chi connectivity index (χ0v) is 11.5. The van der Waals surface area contributed by atoms with Gasteiger partial charge in [-0.3, -0.25) is 0 Å². The first-order chi connectivity index (χ1) is 9.92. The van der Waals surface area contributed by atoms with Crippen molar-refractivity contribution in [2.45, 2.75) is 6.10 Å². The van der Waals surface area contributed by atoms with Gasteiger partial charge >= 0.3 is 0 Å². The maximum absolute atomic E-state index is 5.79. The molecule has 20 heavy (non-hydrogen) atoms. The molecule has 0 radical (unpaired) electrons. The number of hydrogen-bond acceptors (Lipinski definition) is 6. The molecule has 0 aliphatic carbocycles. The number of anilines is 1. The molecule has 102 valence electrons. The van der Waals surface area contributed by atoms with Crippen LogP contribution >= 0.6 is 11.3 Å². The van der Waals surface area contributed by atoms with Gasteiger partial charge in [-0.1, -0.05) is 0 Å². The molecule has 1 unspecified atom stereocenters. The Hall–Kier alpha value is -1.92. The minimum Gasteiger partial charge on any atom is -0.467 e. The van der Waals surface area contributed by atoms with Crippen LogP contribution in [0, 0.1) is 0 Å². The zero-order chi connectivity index (χ0) is 13.4. The van der Waals surface area contributed by atoms with Crippen molar-refractivity contribution in [3.8, 4) is 0 Å². The summed E-state index contributed by atoms with van der Waals surface area (Å²) in [7, 11) is 0. The Morgan fingerprint density at radius 1 is 1.30 bits per heavy atom. The maximum Gasteiger partial charge on any atom is 0.140 e. The van der Waals surface area contributed by atoms with Crippen LogP contribution in [0.3, 0.4) is 0 Å². The molecule has 0 N–H and O–H groups in total. The standard InChI is InChI=1S/C14H13N3O2S/c1-2-11(18-5-1)12-8-17(4-6-19-12)13-10-3-7-20-14(10)16-9-15-13/h1-3,5,7,9,12H,4,6,8H2. The van der Waals surface area contributed by atoms with Gasteiger partial charge in [0.15, 0.2) is 0 Å².